The highest BCUT2D eigenvalue weighted by atomic mass is 16.5. The summed E-state index contributed by atoms with van der Waals surface area (Å²) in [6, 6.07) is 4.64. The number of ether oxygens (including phenoxy) is 2. The normalized spacial score (nSPS) is 28.0. The number of hydrogen-bond acceptors (Lipinski definition) is 2. The molecule has 1 aromatic carbocycles. The maximum atomic E-state index is 5.69. The first kappa shape index (κ1) is 15.6. The molecule has 4 N–H and O–H groups in total. The summed E-state index contributed by atoms with van der Waals surface area (Å²) in [5.41, 5.74) is 2.72. The maximum absolute atomic E-state index is 5.69. The number of quaternary nitrogens is 3. The van der Waals surface area contributed by atoms with Crippen molar-refractivity contribution >= 4 is 0 Å². The number of benzene rings is 1. The molecule has 2 heterocycles. The van der Waals surface area contributed by atoms with Gasteiger partial charge in [0.05, 0.1) is 31.9 Å². The van der Waals surface area contributed by atoms with Gasteiger partial charge < -0.3 is 24.6 Å². The summed E-state index contributed by atoms with van der Waals surface area (Å²) in [7, 11) is 3.55. The van der Waals surface area contributed by atoms with E-state index in [9.17, 15) is 0 Å². The van der Waals surface area contributed by atoms with Crippen LogP contribution in [0.4, 0.5) is 0 Å². The fourth-order valence-electron chi connectivity index (χ4n) is 4.09. The second-order valence-electron chi connectivity index (χ2n) is 6.41. The van der Waals surface area contributed by atoms with Gasteiger partial charge in [-0.1, -0.05) is 0 Å². The molecule has 122 valence electrons. The lowest BCUT2D eigenvalue weighted by atomic mass is 9.93. The van der Waals surface area contributed by atoms with Crippen molar-refractivity contribution in [2.45, 2.75) is 19.5 Å². The zero-order valence-electron chi connectivity index (χ0n) is 14.1. The molecule has 2 aliphatic heterocycles. The monoisotopic (exact) mass is 308 g/mol. The Morgan fingerprint density at radius 2 is 1.77 bits per heavy atom. The van der Waals surface area contributed by atoms with E-state index in [-0.39, 0.29) is 0 Å². The third-order valence-electron chi connectivity index (χ3n) is 5.41. The van der Waals surface area contributed by atoms with Gasteiger partial charge in [0.2, 0.25) is 0 Å². The van der Waals surface area contributed by atoms with Gasteiger partial charge in [-0.3, -0.25) is 0 Å². The molecule has 0 aliphatic carbocycles. The minimum Gasteiger partial charge on any atom is -0.496 e. The van der Waals surface area contributed by atoms with E-state index in [1.54, 1.807) is 24.0 Å². The summed E-state index contributed by atoms with van der Waals surface area (Å²) in [5, 5.41) is 2.42. The Kier molecular flexibility index (Phi) is 4.86. The largest absolute Gasteiger partial charge is 0.496 e. The van der Waals surface area contributed by atoms with E-state index < -0.39 is 0 Å². The van der Waals surface area contributed by atoms with Crippen LogP contribution in [0.1, 0.15) is 24.1 Å². The highest BCUT2D eigenvalue weighted by molar-refractivity contribution is 5.50. The quantitative estimate of drug-likeness (QED) is 0.582. The van der Waals surface area contributed by atoms with E-state index in [0.29, 0.717) is 6.04 Å². The van der Waals surface area contributed by atoms with Crippen LogP contribution in [-0.2, 0) is 6.54 Å². The van der Waals surface area contributed by atoms with Crippen molar-refractivity contribution in [3.05, 3.63) is 23.3 Å². The van der Waals surface area contributed by atoms with Crippen LogP contribution in [0, 0.1) is 0 Å². The van der Waals surface area contributed by atoms with E-state index in [0.717, 1.165) is 24.6 Å². The van der Waals surface area contributed by atoms with E-state index in [4.69, 9.17) is 9.47 Å². The van der Waals surface area contributed by atoms with Crippen molar-refractivity contribution in [3.63, 3.8) is 0 Å². The molecule has 0 unspecified atom stereocenters. The predicted octanol–water partition coefficient (Wildman–Crippen LogP) is -2.37. The van der Waals surface area contributed by atoms with Crippen molar-refractivity contribution < 1.29 is 24.6 Å². The molecule has 0 radical (unpaired) electrons. The van der Waals surface area contributed by atoms with Gasteiger partial charge in [0.1, 0.15) is 50.8 Å². The lowest BCUT2D eigenvalue weighted by molar-refractivity contribution is -1.03. The smallest absolute Gasteiger partial charge is 0.167 e. The molecule has 22 heavy (non-hydrogen) atoms. The number of rotatable bonds is 4. The number of nitrogens with two attached hydrogens (primary N) is 1. The minimum absolute atomic E-state index is 0.521. The second-order valence-corrected chi connectivity index (χ2v) is 6.41. The van der Waals surface area contributed by atoms with Crippen LogP contribution in [0.5, 0.6) is 11.5 Å². The van der Waals surface area contributed by atoms with Gasteiger partial charge in [0, 0.05) is 0 Å². The number of fused-ring (bicyclic) bond motifs is 1. The molecule has 2 aliphatic rings. The van der Waals surface area contributed by atoms with Gasteiger partial charge in [0.15, 0.2) is 6.04 Å². The molecule has 1 atom stereocenters. The minimum atomic E-state index is 0.521. The summed E-state index contributed by atoms with van der Waals surface area (Å²) in [6.45, 7) is 10.7. The van der Waals surface area contributed by atoms with Crippen molar-refractivity contribution in [1.29, 1.82) is 0 Å². The van der Waals surface area contributed by atoms with Gasteiger partial charge in [-0.25, -0.2) is 0 Å². The maximum Gasteiger partial charge on any atom is 0.167 e. The van der Waals surface area contributed by atoms with Gasteiger partial charge in [-0.15, -0.1) is 0 Å². The van der Waals surface area contributed by atoms with Crippen LogP contribution in [-0.4, -0.2) is 53.5 Å². The molecule has 1 fully saturated rings. The van der Waals surface area contributed by atoms with Gasteiger partial charge in [0.25, 0.3) is 0 Å². The number of likely N-dealkylation sites (N-methyl/N-ethyl adjacent to an activating group) is 1. The van der Waals surface area contributed by atoms with Gasteiger partial charge in [-0.05, 0) is 19.1 Å². The highest BCUT2D eigenvalue weighted by Gasteiger charge is 2.38. The zero-order chi connectivity index (χ0) is 15.5. The molecule has 5 heteroatoms. The second kappa shape index (κ2) is 6.86. The summed E-state index contributed by atoms with van der Waals surface area (Å²) in [4.78, 5) is 3.45. The van der Waals surface area contributed by atoms with E-state index >= 15 is 0 Å². The number of piperazine rings is 1. The Balaban J connectivity index is 1.90. The highest BCUT2D eigenvalue weighted by Crippen LogP contribution is 2.34. The molecule has 5 nitrogen and oxygen atoms in total. The van der Waals surface area contributed by atoms with Crippen LogP contribution in [0.15, 0.2) is 12.1 Å². The van der Waals surface area contributed by atoms with Crippen LogP contribution < -0.4 is 24.6 Å². The van der Waals surface area contributed by atoms with Crippen molar-refractivity contribution in [2.75, 3.05) is 53.5 Å². The van der Waals surface area contributed by atoms with Crippen LogP contribution >= 0.6 is 0 Å². The summed E-state index contributed by atoms with van der Waals surface area (Å²) in [6.07, 6.45) is 0. The lowest BCUT2D eigenvalue weighted by Crippen LogP contribution is -3.28. The SMILES string of the molecule is CC[NH+]1CC[NH+]([C@H]2C[NH2+]Cc3c(OC)ccc(OC)c32)CC1. The van der Waals surface area contributed by atoms with Gasteiger partial charge >= 0.3 is 0 Å². The number of methoxy groups -OCH3 is 2. The number of nitrogens with one attached hydrogen (secondary N) is 2. The topological polar surface area (TPSA) is 44.0 Å². The molecule has 0 amide bonds. The number of hydrogen-bond donors (Lipinski definition) is 3. The third-order valence-corrected chi connectivity index (χ3v) is 5.41. The molecular weight excluding hydrogens is 278 g/mol. The molecule has 0 spiro atoms. The first-order valence-electron chi connectivity index (χ1n) is 8.52. The standard InChI is InChI=1S/C17H27N3O2/c1-4-19-7-9-20(10-8-19)14-12-18-11-13-15(21-2)5-6-16(22-3)17(13)14/h5-6,14,18H,4,7-12H2,1-3H3/p+3/t14-/m0/s1. The van der Waals surface area contributed by atoms with Crippen molar-refractivity contribution in [1.82, 2.24) is 0 Å². The molecule has 1 saturated heterocycles. The molecule has 0 bridgehead atoms. The van der Waals surface area contributed by atoms with Crippen LogP contribution in [0.3, 0.4) is 0 Å². The third kappa shape index (κ3) is 2.81. The molecule has 0 aromatic heterocycles. The van der Waals surface area contributed by atoms with E-state index in [1.165, 1.54) is 43.9 Å². The fraction of sp³-hybridized carbons (Fsp3) is 0.647. The first-order valence-corrected chi connectivity index (χ1v) is 8.52. The Morgan fingerprint density at radius 3 is 2.41 bits per heavy atom. The average Bonchev–Trinajstić information content (AvgIpc) is 2.60. The first-order chi connectivity index (χ1) is 10.8. The molecular formula is C17H30N3O2+3. The average molecular weight is 308 g/mol. The lowest BCUT2D eigenvalue weighted by Gasteiger charge is -2.36. The summed E-state index contributed by atoms with van der Waals surface area (Å²) in [5.74, 6) is 2.04. The van der Waals surface area contributed by atoms with E-state index in [2.05, 4.69) is 18.3 Å². The molecule has 0 saturated carbocycles. The van der Waals surface area contributed by atoms with Crippen molar-refractivity contribution in [2.24, 2.45) is 0 Å². The van der Waals surface area contributed by atoms with Crippen LogP contribution in [0.2, 0.25) is 0 Å². The Hall–Kier alpha value is -1.30. The summed E-state index contributed by atoms with van der Waals surface area (Å²) >= 11 is 0. The van der Waals surface area contributed by atoms with E-state index in [1.807, 2.05) is 6.07 Å². The van der Waals surface area contributed by atoms with Crippen LogP contribution in [0.25, 0.3) is 0 Å². The predicted molar refractivity (Wildman–Crippen MR) is 84.7 cm³/mol. The summed E-state index contributed by atoms with van der Waals surface area (Å²) < 4.78 is 11.3. The fourth-order valence-corrected chi connectivity index (χ4v) is 4.09. The Labute approximate surface area is 133 Å². The van der Waals surface area contributed by atoms with Gasteiger partial charge in [-0.2, -0.15) is 0 Å². The Morgan fingerprint density at radius 1 is 1.09 bits per heavy atom. The van der Waals surface area contributed by atoms with Crippen molar-refractivity contribution in [3.8, 4) is 11.5 Å². The Bertz CT molecular complexity index is 513. The molecule has 3 rings (SSSR count). The zero-order valence-corrected chi connectivity index (χ0v) is 14.1. The molecule has 1 aromatic rings.